The Bertz CT molecular complexity index is 1280. The molecule has 134 valence electrons. The molecule has 2 aromatic carbocycles. The average Bonchev–Trinajstić information content (AvgIpc) is 2.98. The lowest BCUT2D eigenvalue weighted by molar-refractivity contribution is 0.414. The summed E-state index contributed by atoms with van der Waals surface area (Å²) >= 11 is 1.14. The van der Waals surface area contributed by atoms with Gasteiger partial charge in [0.2, 0.25) is 4.96 Å². The number of benzene rings is 2. The van der Waals surface area contributed by atoms with E-state index in [9.17, 15) is 9.59 Å². The third kappa shape index (κ3) is 3.50. The van der Waals surface area contributed by atoms with Crippen LogP contribution in [0.3, 0.4) is 0 Å². The summed E-state index contributed by atoms with van der Waals surface area (Å²) in [6.45, 7) is 0. The van der Waals surface area contributed by atoms with E-state index < -0.39 is 5.56 Å². The molecule has 0 saturated heterocycles. The molecule has 27 heavy (non-hydrogen) atoms. The Morgan fingerprint density at radius 1 is 1.11 bits per heavy atom. The number of rotatable bonds is 4. The molecule has 0 fully saturated rings. The van der Waals surface area contributed by atoms with Crippen molar-refractivity contribution in [1.29, 1.82) is 0 Å². The highest BCUT2D eigenvalue weighted by Gasteiger charge is 2.11. The van der Waals surface area contributed by atoms with Crippen molar-refractivity contribution in [2.75, 3.05) is 7.11 Å². The predicted molar refractivity (Wildman–Crippen MR) is 104 cm³/mol. The molecule has 4 aromatic rings. The fraction of sp³-hybridized carbons (Fsp3) is 0.100. The summed E-state index contributed by atoms with van der Waals surface area (Å²) in [6.07, 6.45) is 2.08. The molecule has 0 atom stereocenters. The molecule has 6 nitrogen and oxygen atoms in total. The first-order valence-electron chi connectivity index (χ1n) is 8.26. The molecule has 0 aliphatic heterocycles. The van der Waals surface area contributed by atoms with Crippen LogP contribution in [0.15, 0.2) is 64.2 Å². The van der Waals surface area contributed by atoms with Gasteiger partial charge in [-0.25, -0.2) is 0 Å². The summed E-state index contributed by atoms with van der Waals surface area (Å²) in [5.74, 6) is 0.702. The molecule has 7 heteroatoms. The monoisotopic (exact) mass is 377 g/mol. The molecule has 0 spiro atoms. The van der Waals surface area contributed by atoms with E-state index in [0.717, 1.165) is 22.5 Å². The van der Waals surface area contributed by atoms with Crippen molar-refractivity contribution >= 4 is 22.4 Å². The van der Waals surface area contributed by atoms with Gasteiger partial charge < -0.3 is 4.74 Å². The minimum absolute atomic E-state index is 0.251. The molecular weight excluding hydrogens is 362 g/mol. The first-order chi connectivity index (χ1) is 13.1. The van der Waals surface area contributed by atoms with E-state index in [0.29, 0.717) is 16.7 Å². The SMILES string of the molecule is COc1cccc(C=c2sc3nc(=O)c(Cc4ccccc4)nn3c2=O)c1. The fourth-order valence-corrected chi connectivity index (χ4v) is 3.63. The second kappa shape index (κ2) is 7.13. The molecular formula is C20H15N3O3S. The number of thiazole rings is 1. The second-order valence-electron chi connectivity index (χ2n) is 5.91. The van der Waals surface area contributed by atoms with Crippen molar-refractivity contribution in [3.8, 4) is 5.75 Å². The van der Waals surface area contributed by atoms with E-state index in [2.05, 4.69) is 10.1 Å². The smallest absolute Gasteiger partial charge is 0.296 e. The largest absolute Gasteiger partial charge is 0.497 e. The highest BCUT2D eigenvalue weighted by Crippen LogP contribution is 2.13. The third-order valence-corrected chi connectivity index (χ3v) is 5.02. The van der Waals surface area contributed by atoms with Crippen LogP contribution in [0.4, 0.5) is 0 Å². The van der Waals surface area contributed by atoms with Crippen molar-refractivity contribution in [3.63, 3.8) is 0 Å². The number of hydrogen-bond donors (Lipinski definition) is 0. The zero-order valence-corrected chi connectivity index (χ0v) is 15.3. The first-order valence-corrected chi connectivity index (χ1v) is 9.08. The number of fused-ring (bicyclic) bond motifs is 1. The van der Waals surface area contributed by atoms with Gasteiger partial charge in [-0.3, -0.25) is 9.59 Å². The molecule has 0 unspecified atom stereocenters. The molecule has 0 radical (unpaired) electrons. The lowest BCUT2D eigenvalue weighted by Crippen LogP contribution is -2.28. The number of methoxy groups -OCH3 is 1. The summed E-state index contributed by atoms with van der Waals surface area (Å²) in [7, 11) is 1.59. The van der Waals surface area contributed by atoms with Crippen LogP contribution in [0.5, 0.6) is 5.75 Å². The van der Waals surface area contributed by atoms with Crippen molar-refractivity contribution in [2.45, 2.75) is 6.42 Å². The predicted octanol–water partition coefficient (Wildman–Crippen LogP) is 1.66. The normalized spacial score (nSPS) is 11.8. The Morgan fingerprint density at radius 2 is 1.93 bits per heavy atom. The Balaban J connectivity index is 1.81. The van der Waals surface area contributed by atoms with Crippen LogP contribution in [-0.2, 0) is 6.42 Å². The first kappa shape index (κ1) is 17.1. The van der Waals surface area contributed by atoms with Crippen LogP contribution in [0, 0.1) is 0 Å². The summed E-state index contributed by atoms with van der Waals surface area (Å²) in [4.78, 5) is 29.3. The molecule has 0 N–H and O–H groups in total. The van der Waals surface area contributed by atoms with Gasteiger partial charge in [0.05, 0.1) is 11.6 Å². The average molecular weight is 377 g/mol. The van der Waals surface area contributed by atoms with E-state index in [4.69, 9.17) is 4.74 Å². The van der Waals surface area contributed by atoms with Crippen LogP contribution in [0.2, 0.25) is 0 Å². The Labute approximate surface area is 158 Å². The maximum absolute atomic E-state index is 12.7. The van der Waals surface area contributed by atoms with E-state index in [1.54, 1.807) is 13.2 Å². The van der Waals surface area contributed by atoms with Crippen LogP contribution < -0.4 is 20.4 Å². The zero-order valence-electron chi connectivity index (χ0n) is 14.5. The molecule has 2 aromatic heterocycles. The van der Waals surface area contributed by atoms with Gasteiger partial charge in [-0.15, -0.1) is 0 Å². The van der Waals surface area contributed by atoms with E-state index in [1.165, 1.54) is 4.52 Å². The molecule has 0 bridgehead atoms. The molecule has 4 rings (SSSR count). The molecule has 0 amide bonds. The minimum atomic E-state index is -0.409. The second-order valence-corrected chi connectivity index (χ2v) is 6.92. The molecule has 0 aliphatic rings. The summed E-state index contributed by atoms with van der Waals surface area (Å²) < 4.78 is 6.87. The standard InChI is InChI=1S/C20H15N3O3S/c1-26-15-9-5-8-14(10-15)12-17-19(25)23-20(27-17)21-18(24)16(22-23)11-13-6-3-2-4-7-13/h2-10,12H,11H2,1H3. The fourth-order valence-electron chi connectivity index (χ4n) is 2.72. The Hall–Kier alpha value is -3.32. The van der Waals surface area contributed by atoms with Crippen LogP contribution in [0.1, 0.15) is 16.8 Å². The van der Waals surface area contributed by atoms with E-state index in [-0.39, 0.29) is 16.2 Å². The van der Waals surface area contributed by atoms with Crippen molar-refractivity contribution in [2.24, 2.45) is 0 Å². The number of ether oxygens (including phenoxy) is 1. The van der Waals surface area contributed by atoms with Gasteiger partial charge in [-0.1, -0.05) is 53.8 Å². The van der Waals surface area contributed by atoms with Crippen LogP contribution in [-0.4, -0.2) is 21.7 Å². The molecule has 0 saturated carbocycles. The Kier molecular flexibility index (Phi) is 4.52. The maximum atomic E-state index is 12.7. The van der Waals surface area contributed by atoms with Crippen molar-refractivity contribution in [1.82, 2.24) is 14.6 Å². The van der Waals surface area contributed by atoms with E-state index >= 15 is 0 Å². The summed E-state index contributed by atoms with van der Waals surface area (Å²) in [6, 6.07) is 16.9. The lowest BCUT2D eigenvalue weighted by atomic mass is 10.1. The zero-order chi connectivity index (χ0) is 18.8. The van der Waals surface area contributed by atoms with Gasteiger partial charge in [-0.2, -0.15) is 14.6 Å². The Morgan fingerprint density at radius 3 is 2.70 bits per heavy atom. The number of aromatic nitrogens is 3. The van der Waals surface area contributed by atoms with Gasteiger partial charge in [0.25, 0.3) is 11.1 Å². The minimum Gasteiger partial charge on any atom is -0.497 e. The van der Waals surface area contributed by atoms with Crippen molar-refractivity contribution in [3.05, 3.63) is 96.7 Å². The topological polar surface area (TPSA) is 73.6 Å². The van der Waals surface area contributed by atoms with Gasteiger partial charge in [0.15, 0.2) is 0 Å². The molecule has 2 heterocycles. The summed E-state index contributed by atoms with van der Waals surface area (Å²) in [5, 5.41) is 4.26. The maximum Gasteiger partial charge on any atom is 0.296 e. The van der Waals surface area contributed by atoms with Crippen molar-refractivity contribution < 1.29 is 4.74 Å². The lowest BCUT2D eigenvalue weighted by Gasteiger charge is -1.99. The highest BCUT2D eigenvalue weighted by molar-refractivity contribution is 7.15. The summed E-state index contributed by atoms with van der Waals surface area (Å²) in [5.41, 5.74) is 1.31. The highest BCUT2D eigenvalue weighted by atomic mass is 32.1. The quantitative estimate of drug-likeness (QED) is 0.541. The van der Waals surface area contributed by atoms with E-state index in [1.807, 2.05) is 54.6 Å². The third-order valence-electron chi connectivity index (χ3n) is 4.06. The van der Waals surface area contributed by atoms with Gasteiger partial charge >= 0.3 is 0 Å². The number of hydrogen-bond acceptors (Lipinski definition) is 6. The van der Waals surface area contributed by atoms with Crippen LogP contribution in [0.25, 0.3) is 11.0 Å². The van der Waals surface area contributed by atoms with Gasteiger partial charge in [-0.05, 0) is 29.3 Å². The molecule has 0 aliphatic carbocycles. The number of nitrogens with zero attached hydrogens (tertiary/aromatic N) is 3. The van der Waals surface area contributed by atoms with Gasteiger partial charge in [0.1, 0.15) is 11.4 Å². The van der Waals surface area contributed by atoms with Gasteiger partial charge in [0, 0.05) is 6.42 Å². The van der Waals surface area contributed by atoms with Crippen LogP contribution >= 0.6 is 11.3 Å².